The highest BCUT2D eigenvalue weighted by molar-refractivity contribution is 9.10. The predicted octanol–water partition coefficient (Wildman–Crippen LogP) is 5.90. The van der Waals surface area contributed by atoms with Gasteiger partial charge < -0.3 is 0 Å². The van der Waals surface area contributed by atoms with Gasteiger partial charge in [0, 0.05) is 4.47 Å². The molecule has 0 nitrogen and oxygen atoms in total. The molecule has 1 unspecified atom stereocenters. The second kappa shape index (κ2) is 6.11. The van der Waals surface area contributed by atoms with Crippen LogP contribution >= 0.6 is 27.5 Å². The first-order valence-corrected chi connectivity index (χ1v) is 7.66. The van der Waals surface area contributed by atoms with E-state index in [4.69, 9.17) is 11.6 Å². The summed E-state index contributed by atoms with van der Waals surface area (Å²) in [5, 5.41) is 0.0123. The molecule has 0 aromatic heterocycles. The Balaban J connectivity index is 2.20. The van der Waals surface area contributed by atoms with Crippen molar-refractivity contribution in [1.82, 2.24) is 0 Å². The van der Waals surface area contributed by atoms with Crippen molar-refractivity contribution in [3.8, 4) is 0 Å². The van der Waals surface area contributed by atoms with E-state index in [1.807, 2.05) is 0 Å². The zero-order chi connectivity index (χ0) is 14.0. The van der Waals surface area contributed by atoms with Gasteiger partial charge in [0.15, 0.2) is 0 Å². The second-order valence-corrected chi connectivity index (χ2v) is 6.59. The van der Waals surface area contributed by atoms with E-state index in [0.29, 0.717) is 0 Å². The number of hydrogen-bond acceptors (Lipinski definition) is 0. The molecule has 1 atom stereocenters. The molecule has 19 heavy (non-hydrogen) atoms. The number of benzene rings is 2. The Hall–Kier alpha value is -0.790. The summed E-state index contributed by atoms with van der Waals surface area (Å²) in [6.45, 7) is 6.37. The van der Waals surface area contributed by atoms with E-state index in [0.717, 1.165) is 10.9 Å². The van der Waals surface area contributed by atoms with E-state index in [1.54, 1.807) is 0 Å². The van der Waals surface area contributed by atoms with Crippen molar-refractivity contribution in [1.29, 1.82) is 0 Å². The summed E-state index contributed by atoms with van der Waals surface area (Å²) in [6, 6.07) is 12.9. The highest BCUT2D eigenvalue weighted by atomic mass is 79.9. The van der Waals surface area contributed by atoms with Crippen LogP contribution in [0.2, 0.25) is 0 Å². The highest BCUT2D eigenvalue weighted by Gasteiger charge is 2.10. The van der Waals surface area contributed by atoms with E-state index >= 15 is 0 Å². The van der Waals surface area contributed by atoms with Crippen LogP contribution in [0.5, 0.6) is 0 Å². The molecule has 2 aromatic rings. The zero-order valence-corrected chi connectivity index (χ0v) is 13.8. The lowest BCUT2D eigenvalue weighted by Crippen LogP contribution is -1.97. The minimum Gasteiger partial charge on any atom is -0.117 e. The first-order valence-electron chi connectivity index (χ1n) is 6.43. The third-order valence-corrected chi connectivity index (χ3v) is 4.28. The molecule has 0 saturated heterocycles. The van der Waals surface area contributed by atoms with Gasteiger partial charge in [-0.2, -0.15) is 0 Å². The van der Waals surface area contributed by atoms with Crippen molar-refractivity contribution in [2.45, 2.75) is 32.6 Å². The maximum atomic E-state index is 6.56. The summed E-state index contributed by atoms with van der Waals surface area (Å²) in [6.07, 6.45) is 0.860. The molecular formula is C17H18BrCl. The topological polar surface area (TPSA) is 0 Å². The van der Waals surface area contributed by atoms with Crippen LogP contribution < -0.4 is 0 Å². The largest absolute Gasteiger partial charge is 0.117 e. The SMILES string of the molecule is Cc1cc(Br)cc(C(Cl)Cc2ccc(C)c(C)c2)c1. The molecule has 0 fully saturated rings. The Bertz CT molecular complexity index is 570. The summed E-state index contributed by atoms with van der Waals surface area (Å²) in [5.41, 5.74) is 6.35. The van der Waals surface area contributed by atoms with Crippen molar-refractivity contribution in [3.63, 3.8) is 0 Å². The lowest BCUT2D eigenvalue weighted by atomic mass is 9.99. The number of alkyl halides is 1. The molecule has 2 heteroatoms. The van der Waals surface area contributed by atoms with Gasteiger partial charge in [0.2, 0.25) is 0 Å². The third-order valence-electron chi connectivity index (χ3n) is 3.41. The van der Waals surface area contributed by atoms with Crippen molar-refractivity contribution in [2.75, 3.05) is 0 Å². The first-order chi connectivity index (χ1) is 8.95. The fourth-order valence-electron chi connectivity index (χ4n) is 2.20. The zero-order valence-electron chi connectivity index (χ0n) is 11.5. The minimum atomic E-state index is 0.0123. The van der Waals surface area contributed by atoms with Gasteiger partial charge in [-0.1, -0.05) is 40.2 Å². The van der Waals surface area contributed by atoms with Crippen LogP contribution in [0, 0.1) is 20.8 Å². The average Bonchev–Trinajstić information content (AvgIpc) is 2.32. The molecule has 0 aliphatic heterocycles. The Morgan fingerprint density at radius 1 is 1.00 bits per heavy atom. The molecule has 2 aromatic carbocycles. The predicted molar refractivity (Wildman–Crippen MR) is 87.1 cm³/mol. The van der Waals surface area contributed by atoms with Gasteiger partial charge >= 0.3 is 0 Å². The standard InChI is InChI=1S/C17H18BrCl/c1-11-6-15(10-16(18)7-11)17(19)9-14-5-4-12(2)13(3)8-14/h4-8,10,17H,9H2,1-3H3. The average molecular weight is 338 g/mol. The summed E-state index contributed by atoms with van der Waals surface area (Å²) < 4.78 is 1.09. The van der Waals surface area contributed by atoms with E-state index in [-0.39, 0.29) is 5.38 Å². The Morgan fingerprint density at radius 2 is 1.74 bits per heavy atom. The lowest BCUT2D eigenvalue weighted by molar-refractivity contribution is 0.914. The molecule has 100 valence electrons. The van der Waals surface area contributed by atoms with E-state index in [1.165, 1.54) is 27.8 Å². The molecular weight excluding hydrogens is 320 g/mol. The molecule has 0 saturated carbocycles. The van der Waals surface area contributed by atoms with Crippen LogP contribution in [-0.4, -0.2) is 0 Å². The maximum Gasteiger partial charge on any atom is 0.0626 e. The van der Waals surface area contributed by atoms with E-state index in [2.05, 4.69) is 73.1 Å². The van der Waals surface area contributed by atoms with Crippen molar-refractivity contribution >= 4 is 27.5 Å². The second-order valence-electron chi connectivity index (χ2n) is 5.15. The van der Waals surface area contributed by atoms with Crippen molar-refractivity contribution in [3.05, 3.63) is 68.7 Å². The molecule has 0 bridgehead atoms. The Labute approximate surface area is 128 Å². The normalized spacial score (nSPS) is 12.5. The summed E-state index contributed by atoms with van der Waals surface area (Å²) in [7, 11) is 0. The van der Waals surface area contributed by atoms with Gasteiger partial charge in [-0.3, -0.25) is 0 Å². The van der Waals surface area contributed by atoms with Gasteiger partial charge in [0.25, 0.3) is 0 Å². The molecule has 2 rings (SSSR count). The number of aryl methyl sites for hydroxylation is 3. The van der Waals surface area contributed by atoms with Crippen molar-refractivity contribution in [2.24, 2.45) is 0 Å². The van der Waals surface area contributed by atoms with Gasteiger partial charge in [-0.15, -0.1) is 11.6 Å². The molecule has 0 heterocycles. The van der Waals surface area contributed by atoms with Crippen LogP contribution in [0.3, 0.4) is 0 Å². The smallest absolute Gasteiger partial charge is 0.0626 e. The van der Waals surface area contributed by atoms with Gasteiger partial charge in [0.1, 0.15) is 0 Å². The molecule has 0 N–H and O–H groups in total. The molecule has 0 aliphatic rings. The number of halogens is 2. The quantitative estimate of drug-likeness (QED) is 0.612. The van der Waals surface area contributed by atoms with Crippen LogP contribution in [0.4, 0.5) is 0 Å². The van der Waals surface area contributed by atoms with Crippen molar-refractivity contribution < 1.29 is 0 Å². The summed E-state index contributed by atoms with van der Waals surface area (Å²) in [4.78, 5) is 0. The Kier molecular flexibility index (Phi) is 4.70. The number of rotatable bonds is 3. The van der Waals surface area contributed by atoms with Gasteiger partial charge in [-0.05, 0) is 67.1 Å². The maximum absolute atomic E-state index is 6.56. The van der Waals surface area contributed by atoms with Gasteiger partial charge in [0.05, 0.1) is 5.38 Å². The van der Waals surface area contributed by atoms with Crippen LogP contribution in [0.15, 0.2) is 40.9 Å². The van der Waals surface area contributed by atoms with Gasteiger partial charge in [-0.25, -0.2) is 0 Å². The Morgan fingerprint density at radius 3 is 2.37 bits per heavy atom. The minimum absolute atomic E-state index is 0.0123. The van der Waals surface area contributed by atoms with Crippen LogP contribution in [0.25, 0.3) is 0 Å². The van der Waals surface area contributed by atoms with E-state index < -0.39 is 0 Å². The molecule has 0 aliphatic carbocycles. The van der Waals surface area contributed by atoms with E-state index in [9.17, 15) is 0 Å². The first kappa shape index (κ1) is 14.6. The van der Waals surface area contributed by atoms with Crippen LogP contribution in [-0.2, 0) is 6.42 Å². The number of hydrogen-bond donors (Lipinski definition) is 0. The van der Waals surface area contributed by atoms with Crippen LogP contribution in [0.1, 0.15) is 33.2 Å². The highest BCUT2D eigenvalue weighted by Crippen LogP contribution is 2.28. The monoisotopic (exact) mass is 336 g/mol. The lowest BCUT2D eigenvalue weighted by Gasteiger charge is -2.13. The summed E-state index contributed by atoms with van der Waals surface area (Å²) >= 11 is 10.1. The third kappa shape index (κ3) is 3.84. The summed E-state index contributed by atoms with van der Waals surface area (Å²) in [5.74, 6) is 0. The fraction of sp³-hybridized carbons (Fsp3) is 0.294. The molecule has 0 amide bonds. The molecule has 0 radical (unpaired) electrons. The molecule has 0 spiro atoms. The fourth-order valence-corrected chi connectivity index (χ4v) is 3.13.